The predicted octanol–water partition coefficient (Wildman–Crippen LogP) is 3.18. The van der Waals surface area contributed by atoms with Gasteiger partial charge in [0.25, 0.3) is 5.91 Å². The zero-order chi connectivity index (χ0) is 15.2. The average molecular weight is 309 g/mol. The highest BCUT2D eigenvalue weighted by Crippen LogP contribution is 2.23. The van der Waals surface area contributed by atoms with Crippen LogP contribution < -0.4 is 5.32 Å². The van der Waals surface area contributed by atoms with Gasteiger partial charge in [-0.1, -0.05) is 36.4 Å². The van der Waals surface area contributed by atoms with Crippen molar-refractivity contribution < 1.29 is 4.79 Å². The molecule has 0 unspecified atom stereocenters. The van der Waals surface area contributed by atoms with Crippen molar-refractivity contribution in [1.82, 2.24) is 15.3 Å². The Hall–Kier alpha value is -2.53. The van der Waals surface area contributed by atoms with E-state index in [1.54, 1.807) is 11.6 Å². The standard InChI is InChI=1S/C17H15N3OS/c21-16(19-11-9-14-8-4-5-10-18-14)15-12-22-17(20-15)13-6-2-1-3-7-13/h1-8,10,12H,9,11H2,(H,19,21). The second-order valence-corrected chi connectivity index (χ2v) is 5.59. The first-order valence-electron chi connectivity index (χ1n) is 7.02. The molecular formula is C17H15N3OS. The molecule has 0 spiro atoms. The van der Waals surface area contributed by atoms with Crippen LogP contribution >= 0.6 is 11.3 Å². The molecule has 0 aliphatic rings. The number of carbonyl (C=O) groups excluding carboxylic acids is 1. The van der Waals surface area contributed by atoms with Gasteiger partial charge in [0.15, 0.2) is 0 Å². The van der Waals surface area contributed by atoms with E-state index in [1.807, 2.05) is 48.5 Å². The Labute approximate surface area is 132 Å². The largest absolute Gasteiger partial charge is 0.350 e. The molecule has 3 rings (SSSR count). The first kappa shape index (κ1) is 14.4. The third kappa shape index (κ3) is 3.56. The van der Waals surface area contributed by atoms with Gasteiger partial charge < -0.3 is 5.32 Å². The minimum Gasteiger partial charge on any atom is -0.350 e. The molecule has 1 N–H and O–H groups in total. The lowest BCUT2D eigenvalue weighted by molar-refractivity contribution is 0.0950. The van der Waals surface area contributed by atoms with E-state index in [2.05, 4.69) is 15.3 Å². The van der Waals surface area contributed by atoms with E-state index >= 15 is 0 Å². The summed E-state index contributed by atoms with van der Waals surface area (Å²) in [6, 6.07) is 15.6. The molecule has 0 radical (unpaired) electrons. The molecular weight excluding hydrogens is 294 g/mol. The van der Waals surface area contributed by atoms with Gasteiger partial charge in [-0.2, -0.15) is 0 Å². The van der Waals surface area contributed by atoms with Gasteiger partial charge in [0, 0.05) is 35.8 Å². The lowest BCUT2D eigenvalue weighted by Gasteiger charge is -2.02. The maximum Gasteiger partial charge on any atom is 0.270 e. The maximum absolute atomic E-state index is 12.1. The molecule has 0 atom stereocenters. The monoisotopic (exact) mass is 309 g/mol. The Morgan fingerprint density at radius 1 is 1.09 bits per heavy atom. The SMILES string of the molecule is O=C(NCCc1ccccn1)c1csc(-c2ccccc2)n1. The number of nitrogens with zero attached hydrogens (tertiary/aromatic N) is 2. The van der Waals surface area contributed by atoms with Crippen molar-refractivity contribution in [3.63, 3.8) is 0 Å². The Kier molecular flexibility index (Phi) is 4.56. The number of rotatable bonds is 5. The topological polar surface area (TPSA) is 54.9 Å². The zero-order valence-corrected chi connectivity index (χ0v) is 12.7. The molecule has 0 saturated carbocycles. The van der Waals surface area contributed by atoms with Crippen molar-refractivity contribution in [3.8, 4) is 10.6 Å². The molecule has 3 aromatic rings. The van der Waals surface area contributed by atoms with E-state index in [0.29, 0.717) is 18.7 Å². The number of hydrogen-bond acceptors (Lipinski definition) is 4. The van der Waals surface area contributed by atoms with E-state index in [-0.39, 0.29) is 5.91 Å². The number of aromatic nitrogens is 2. The number of nitrogens with one attached hydrogen (secondary N) is 1. The second kappa shape index (κ2) is 6.95. The van der Waals surface area contributed by atoms with Gasteiger partial charge in [-0.25, -0.2) is 4.98 Å². The van der Waals surface area contributed by atoms with Crippen LogP contribution in [0.2, 0.25) is 0 Å². The summed E-state index contributed by atoms with van der Waals surface area (Å²) in [7, 11) is 0. The molecule has 0 saturated heterocycles. The molecule has 0 aliphatic carbocycles. The summed E-state index contributed by atoms with van der Waals surface area (Å²) in [5.74, 6) is -0.144. The van der Waals surface area contributed by atoms with Crippen LogP contribution in [0.4, 0.5) is 0 Å². The number of hydrogen-bond donors (Lipinski definition) is 1. The molecule has 2 heterocycles. The molecule has 0 fully saturated rings. The predicted molar refractivity (Wildman–Crippen MR) is 87.8 cm³/mol. The van der Waals surface area contributed by atoms with Crippen LogP contribution in [0, 0.1) is 0 Å². The minimum absolute atomic E-state index is 0.144. The number of benzene rings is 1. The van der Waals surface area contributed by atoms with Crippen molar-refractivity contribution in [2.75, 3.05) is 6.54 Å². The molecule has 2 aromatic heterocycles. The van der Waals surface area contributed by atoms with Gasteiger partial charge in [0.05, 0.1) is 0 Å². The highest BCUT2D eigenvalue weighted by molar-refractivity contribution is 7.13. The van der Waals surface area contributed by atoms with Crippen LogP contribution in [-0.2, 0) is 6.42 Å². The van der Waals surface area contributed by atoms with Crippen molar-refractivity contribution in [3.05, 3.63) is 71.5 Å². The highest BCUT2D eigenvalue weighted by Gasteiger charge is 2.11. The minimum atomic E-state index is -0.144. The fourth-order valence-electron chi connectivity index (χ4n) is 2.03. The van der Waals surface area contributed by atoms with Gasteiger partial charge >= 0.3 is 0 Å². The van der Waals surface area contributed by atoms with Gasteiger partial charge in [-0.05, 0) is 12.1 Å². The highest BCUT2D eigenvalue weighted by atomic mass is 32.1. The molecule has 1 aromatic carbocycles. The lowest BCUT2D eigenvalue weighted by atomic mass is 10.2. The third-order valence-corrected chi connectivity index (χ3v) is 4.04. The van der Waals surface area contributed by atoms with Gasteiger partial charge in [0.2, 0.25) is 0 Å². The number of pyridine rings is 1. The molecule has 4 nitrogen and oxygen atoms in total. The number of amides is 1. The van der Waals surface area contributed by atoms with Crippen LogP contribution in [0.1, 0.15) is 16.2 Å². The summed E-state index contributed by atoms with van der Waals surface area (Å²) in [6.45, 7) is 0.550. The molecule has 110 valence electrons. The van der Waals surface area contributed by atoms with E-state index in [0.717, 1.165) is 16.3 Å². The van der Waals surface area contributed by atoms with Crippen LogP contribution in [0.5, 0.6) is 0 Å². The van der Waals surface area contributed by atoms with Crippen molar-refractivity contribution in [1.29, 1.82) is 0 Å². The summed E-state index contributed by atoms with van der Waals surface area (Å²) in [5.41, 5.74) is 2.45. The third-order valence-electron chi connectivity index (χ3n) is 3.15. The van der Waals surface area contributed by atoms with Crippen LogP contribution in [-0.4, -0.2) is 22.4 Å². The Bertz CT molecular complexity index is 741. The summed E-state index contributed by atoms with van der Waals surface area (Å²) in [4.78, 5) is 20.7. The quantitative estimate of drug-likeness (QED) is 0.787. The lowest BCUT2D eigenvalue weighted by Crippen LogP contribution is -2.26. The van der Waals surface area contributed by atoms with Gasteiger partial charge in [-0.3, -0.25) is 9.78 Å². The number of carbonyl (C=O) groups is 1. The average Bonchev–Trinajstić information content (AvgIpc) is 3.07. The smallest absolute Gasteiger partial charge is 0.270 e. The Morgan fingerprint density at radius 3 is 2.68 bits per heavy atom. The first-order chi connectivity index (χ1) is 10.8. The normalized spacial score (nSPS) is 10.4. The van der Waals surface area contributed by atoms with Gasteiger partial charge in [-0.15, -0.1) is 11.3 Å². The molecule has 0 bridgehead atoms. The van der Waals surface area contributed by atoms with Crippen molar-refractivity contribution in [2.45, 2.75) is 6.42 Å². The van der Waals surface area contributed by atoms with E-state index in [1.165, 1.54) is 11.3 Å². The number of thiazole rings is 1. The molecule has 5 heteroatoms. The second-order valence-electron chi connectivity index (χ2n) is 4.73. The summed E-state index contributed by atoms with van der Waals surface area (Å²) in [5, 5.41) is 5.52. The molecule has 0 aliphatic heterocycles. The van der Waals surface area contributed by atoms with Crippen LogP contribution in [0.15, 0.2) is 60.1 Å². The van der Waals surface area contributed by atoms with Crippen LogP contribution in [0.25, 0.3) is 10.6 Å². The fourth-order valence-corrected chi connectivity index (χ4v) is 2.84. The summed E-state index contributed by atoms with van der Waals surface area (Å²) in [6.07, 6.45) is 2.46. The van der Waals surface area contributed by atoms with Crippen LogP contribution in [0.3, 0.4) is 0 Å². The zero-order valence-electron chi connectivity index (χ0n) is 11.9. The Balaban J connectivity index is 1.58. The fraction of sp³-hybridized carbons (Fsp3) is 0.118. The first-order valence-corrected chi connectivity index (χ1v) is 7.90. The van der Waals surface area contributed by atoms with E-state index in [4.69, 9.17) is 0 Å². The summed E-state index contributed by atoms with van der Waals surface area (Å²) >= 11 is 1.48. The van der Waals surface area contributed by atoms with E-state index in [9.17, 15) is 4.79 Å². The van der Waals surface area contributed by atoms with Gasteiger partial charge in [0.1, 0.15) is 10.7 Å². The van der Waals surface area contributed by atoms with E-state index < -0.39 is 0 Å². The molecule has 1 amide bonds. The van der Waals surface area contributed by atoms with Crippen molar-refractivity contribution >= 4 is 17.2 Å². The van der Waals surface area contributed by atoms with Crippen molar-refractivity contribution in [2.24, 2.45) is 0 Å². The Morgan fingerprint density at radius 2 is 1.91 bits per heavy atom. The maximum atomic E-state index is 12.1. The molecule has 22 heavy (non-hydrogen) atoms. The summed E-state index contributed by atoms with van der Waals surface area (Å²) < 4.78 is 0.